The van der Waals surface area contributed by atoms with Gasteiger partial charge in [0.1, 0.15) is 77.8 Å². The normalized spacial score (nSPS) is 20.1. The Hall–Kier alpha value is -13.1. The van der Waals surface area contributed by atoms with E-state index in [0.717, 1.165) is 143 Å². The van der Waals surface area contributed by atoms with Crippen LogP contribution in [0, 0.1) is 47.3 Å². The number of carbonyl (C=O) groups is 9. The van der Waals surface area contributed by atoms with E-state index in [1.165, 1.54) is 28.4 Å². The third-order valence-corrected chi connectivity index (χ3v) is 26.0. The van der Waals surface area contributed by atoms with Crippen LogP contribution in [0.15, 0.2) is 97.3 Å². The summed E-state index contributed by atoms with van der Waals surface area (Å²) >= 11 is 0. The largest absolute Gasteiger partial charge is 0.488 e. The Morgan fingerprint density at radius 2 is 0.850 bits per heavy atom. The summed E-state index contributed by atoms with van der Waals surface area (Å²) < 4.78 is 48.4. The maximum Gasteiger partial charge on any atom is 0.410 e. The minimum atomic E-state index is -1.06. The predicted octanol–water partition coefficient (Wildman–Crippen LogP) is 15.6. The zero-order chi connectivity index (χ0) is 95.5. The molecule has 10 heterocycles. The number of hydrogen-bond donors (Lipinski definition) is 9. The summed E-state index contributed by atoms with van der Waals surface area (Å²) in [5.74, 6) is 3.10. The smallest absolute Gasteiger partial charge is 0.410 e. The number of alkyl carbamates (subject to hydrolysis) is 4. The lowest BCUT2D eigenvalue weighted by Gasteiger charge is -2.30. The van der Waals surface area contributed by atoms with Crippen molar-refractivity contribution in [2.75, 3.05) is 82.1 Å². The van der Waals surface area contributed by atoms with Gasteiger partial charge in [-0.2, -0.15) is 0 Å². The molecule has 4 unspecified atom stereocenters. The summed E-state index contributed by atoms with van der Waals surface area (Å²) in [5, 5.41) is 23.0. The van der Waals surface area contributed by atoms with Gasteiger partial charge in [0.15, 0.2) is 0 Å². The van der Waals surface area contributed by atoms with Crippen LogP contribution in [-0.2, 0) is 65.5 Å². The van der Waals surface area contributed by atoms with Gasteiger partial charge < -0.3 is 104 Å². The Labute approximate surface area is 772 Å². The van der Waals surface area contributed by atoms with Gasteiger partial charge in [-0.15, -0.1) is 0 Å². The molecular formula is C98H124N16O19. The molecule has 6 aliphatic rings. The molecule has 4 fully saturated rings. The summed E-state index contributed by atoms with van der Waals surface area (Å²) in [6, 6.07) is 25.1. The van der Waals surface area contributed by atoms with Gasteiger partial charge in [0.05, 0.1) is 112 Å². The third kappa shape index (κ3) is 20.8. The van der Waals surface area contributed by atoms with Gasteiger partial charge in [0.25, 0.3) is 0 Å². The topological polar surface area (TPSA) is 433 Å². The van der Waals surface area contributed by atoms with Crippen LogP contribution in [0.3, 0.4) is 0 Å². The van der Waals surface area contributed by atoms with Crippen LogP contribution in [0.25, 0.3) is 88.4 Å². The van der Waals surface area contributed by atoms with E-state index in [1.54, 1.807) is 33.0 Å². The Morgan fingerprint density at radius 3 is 1.24 bits per heavy atom. The first-order valence-electron chi connectivity index (χ1n) is 45.6. The van der Waals surface area contributed by atoms with E-state index in [2.05, 4.69) is 133 Å². The van der Waals surface area contributed by atoms with Crippen LogP contribution in [0.5, 0.6) is 11.5 Å². The molecule has 13 atom stereocenters. The van der Waals surface area contributed by atoms with Gasteiger partial charge in [-0.1, -0.05) is 112 Å². The van der Waals surface area contributed by atoms with Crippen molar-refractivity contribution >= 4 is 97.8 Å². The number of carbonyl (C=O) groups excluding carboxylic acids is 8. The number of H-pyrrole nitrogens is 4. The molecule has 6 aliphatic heterocycles. The number of hydrogen-bond acceptors (Lipinski definition) is 22. The molecule has 35 heteroatoms. The number of fused-ring (bicyclic) bond motifs is 12. The number of likely N-dealkylation sites (tertiary alicyclic amines) is 4. The van der Waals surface area contributed by atoms with Crippen molar-refractivity contribution in [2.45, 2.75) is 189 Å². The Balaban J connectivity index is 0.000000191. The lowest BCUT2D eigenvalue weighted by atomic mass is 9.92. The number of benzene rings is 6. The highest BCUT2D eigenvalue weighted by molar-refractivity contribution is 6.08. The van der Waals surface area contributed by atoms with E-state index in [4.69, 9.17) is 62.9 Å². The summed E-state index contributed by atoms with van der Waals surface area (Å²) in [7, 11) is 8.41. The number of carboxylic acid groups (broad SMARTS) is 1. The lowest BCUT2D eigenvalue weighted by Crippen LogP contribution is -2.51. The summed E-state index contributed by atoms with van der Waals surface area (Å²) in [6.07, 6.45) is 4.26. The fourth-order valence-corrected chi connectivity index (χ4v) is 19.0. The Bertz CT molecular complexity index is 5990. The molecule has 133 heavy (non-hydrogen) atoms. The van der Waals surface area contributed by atoms with Crippen LogP contribution in [-0.4, -0.2) is 231 Å². The minimum Gasteiger partial charge on any atom is -0.488 e. The van der Waals surface area contributed by atoms with Gasteiger partial charge in [-0.05, 0) is 175 Å². The van der Waals surface area contributed by atoms with E-state index >= 15 is 0 Å². The lowest BCUT2D eigenvalue weighted by molar-refractivity contribution is -0.140. The van der Waals surface area contributed by atoms with Crippen LogP contribution < -0.4 is 30.7 Å². The highest BCUT2D eigenvalue weighted by Gasteiger charge is 2.46. The molecule has 16 rings (SSSR count). The maximum atomic E-state index is 14.1. The van der Waals surface area contributed by atoms with E-state index in [0.29, 0.717) is 76.5 Å². The van der Waals surface area contributed by atoms with E-state index in [1.807, 2.05) is 102 Å². The minimum absolute atomic E-state index is 0.0791. The fourth-order valence-electron chi connectivity index (χ4n) is 19.0. The summed E-state index contributed by atoms with van der Waals surface area (Å²) in [6.45, 7) is 28.8. The molecule has 0 aliphatic carbocycles. The van der Waals surface area contributed by atoms with Gasteiger partial charge in [-0.3, -0.25) is 19.3 Å². The first kappa shape index (κ1) is 96.0. The average Bonchev–Trinajstić information content (AvgIpc) is 1.69. The molecule has 0 saturated carbocycles. The molecule has 4 aromatic heterocycles. The van der Waals surface area contributed by atoms with Crippen LogP contribution in [0.2, 0.25) is 0 Å². The average molecular weight is 1830 g/mol. The molecule has 710 valence electrons. The quantitative estimate of drug-likeness (QED) is 0.0269. The molecule has 35 nitrogen and oxygen atoms in total. The SMILES string of the molecule is CCC(C)[C@H](NC(=O)OC)C(=O)N1C[C@@H](C)CC1c1ncc(-c2ccc3c(c2)COc2cc4c(ccc5[nH]c([C@@H]6C[C@H](COC)CN6C(=O)[C@@H](NC(=O)OC)C(C)C)nc54)cc2-3)[nH]1.COC(=O)NC(C(=O)O)C(C)C.COC[C@H]1C[C@@H](c2nc3c(ccc4cc5c(cc43)OCc3cc(-c4cnc(C6C[C@H](C)CN6C(=O)[C@@H](NC(=O)OC)C(C)C)[nH]4)ccc3-5)[nH]2)N(C(=O)OC(C)(C)C)C1. The molecule has 10 aromatic rings. The Kier molecular flexibility index (Phi) is 29.3. The van der Waals surface area contributed by atoms with Gasteiger partial charge in [0, 0.05) is 74.1 Å². The van der Waals surface area contributed by atoms with E-state index in [-0.39, 0.29) is 95.3 Å². The van der Waals surface area contributed by atoms with Crippen molar-refractivity contribution in [3.8, 4) is 56.3 Å². The molecule has 9 N–H and O–H groups in total. The van der Waals surface area contributed by atoms with Gasteiger partial charge in [0.2, 0.25) is 17.7 Å². The number of ether oxygens (including phenoxy) is 9. The third-order valence-electron chi connectivity index (χ3n) is 26.0. The maximum absolute atomic E-state index is 14.1. The van der Waals surface area contributed by atoms with Crippen molar-refractivity contribution in [1.29, 1.82) is 0 Å². The summed E-state index contributed by atoms with van der Waals surface area (Å²) in [5.41, 5.74) is 12.6. The number of aromatic amines is 4. The number of methoxy groups -OCH3 is 6. The first-order valence-corrected chi connectivity index (χ1v) is 45.6. The van der Waals surface area contributed by atoms with Crippen LogP contribution in [0.1, 0.15) is 181 Å². The second kappa shape index (κ2) is 40.6. The number of carboxylic acids is 1. The monoisotopic (exact) mass is 1830 g/mol. The van der Waals surface area contributed by atoms with Crippen molar-refractivity contribution in [3.05, 3.63) is 132 Å². The second-order valence-electron chi connectivity index (χ2n) is 37.9. The van der Waals surface area contributed by atoms with Gasteiger partial charge >= 0.3 is 36.4 Å². The zero-order valence-electron chi connectivity index (χ0n) is 79.0. The van der Waals surface area contributed by atoms with Crippen LogP contribution in [0.4, 0.5) is 24.0 Å². The number of rotatable bonds is 23. The van der Waals surface area contributed by atoms with Crippen molar-refractivity contribution in [2.24, 2.45) is 47.3 Å². The Morgan fingerprint density at radius 1 is 0.466 bits per heavy atom. The summed E-state index contributed by atoms with van der Waals surface area (Å²) in [4.78, 5) is 154. The number of imidazole rings is 4. The number of aliphatic carboxylic acids is 1. The molecular weight excluding hydrogens is 1710 g/mol. The highest BCUT2D eigenvalue weighted by Crippen LogP contribution is 2.48. The van der Waals surface area contributed by atoms with Crippen molar-refractivity contribution < 1.29 is 90.9 Å². The number of nitrogens with one attached hydrogen (secondary N) is 8. The molecule has 8 amide bonds. The van der Waals surface area contributed by atoms with Crippen molar-refractivity contribution in [1.82, 2.24) is 80.7 Å². The standard InChI is InChI=1S/C47H58N8O8.C44H53N7O7.C7H13NO4/c1-9-26(5)40(53-47(59)62-8)45(57)54-20-25(4)14-36(54)42-48-19-35(50-42)29-10-12-31-30(16-29)23-63-38-18-32-28(17-33(31)38)11-13-34-41(32)51-43(49-34)37-15-27(22-60-6)21-55(37)44(56)39(24(2)3)52-46(58)61-7;1-23(2)37(49-42(53)56-8)41(52)50-19-24(3)13-34(50)39-45-18-33(47-39)27-9-11-29-28(15-27)22-57-36-17-30-26(16-31(29)36)10-12-32-38(30)48-40(46-32)35-14-25(21-55-7)20-51(35)43(54)58-44(4,5)6;1-4(2)5(6(9)10)8-7(11)12-3/h10-13,16-19,24-27,36-37,39-40H,9,14-15,20-23H2,1-8H3,(H,48,50)(H,49,51)(H,52,58)(H,53,59);9-12,15-18,23-25,34-35,37H,13-14,19-22H2,1-8H3,(H,45,47)(H,46,48)(H,49,53);4-5H,1-3H3,(H,8,11)(H,9,10)/t25-,26?,27-,36?,37-,39-,40-;24-,25-,34?,35-,37-;/m00./s1. The predicted molar refractivity (Wildman–Crippen MR) is 497 cm³/mol. The first-order chi connectivity index (χ1) is 63.5. The molecule has 0 radical (unpaired) electrons. The molecule has 4 saturated heterocycles. The second-order valence-corrected chi connectivity index (χ2v) is 37.9. The number of nitrogens with zero attached hydrogens (tertiary/aromatic N) is 8. The van der Waals surface area contributed by atoms with Crippen LogP contribution >= 0.6 is 0 Å². The molecule has 0 spiro atoms. The molecule has 0 bridgehead atoms. The molecule has 6 aromatic carbocycles. The van der Waals surface area contributed by atoms with Crippen molar-refractivity contribution in [3.63, 3.8) is 0 Å². The number of aromatic nitrogens is 8. The number of amides is 8. The fraction of sp³-hybridized carbons (Fsp3) is 0.500. The van der Waals surface area contributed by atoms with E-state index < -0.39 is 60.1 Å². The van der Waals surface area contributed by atoms with Gasteiger partial charge in [-0.25, -0.2) is 48.7 Å². The highest BCUT2D eigenvalue weighted by atomic mass is 16.6. The van der Waals surface area contributed by atoms with E-state index in [9.17, 15) is 43.2 Å². The zero-order valence-corrected chi connectivity index (χ0v) is 79.0.